The molecule has 0 bridgehead atoms. The fourth-order valence-corrected chi connectivity index (χ4v) is 3.69. The maximum absolute atomic E-state index is 14.4. The van der Waals surface area contributed by atoms with Crippen LogP contribution in [0.4, 0.5) is 14.5 Å². The lowest BCUT2D eigenvalue weighted by Crippen LogP contribution is -2.27. The van der Waals surface area contributed by atoms with Gasteiger partial charge in [0.1, 0.15) is 17.6 Å². The fourth-order valence-electron chi connectivity index (χ4n) is 2.93. The lowest BCUT2D eigenvalue weighted by Gasteiger charge is -2.18. The lowest BCUT2D eigenvalue weighted by molar-refractivity contribution is -0.118. The minimum absolute atomic E-state index is 0.117. The molecule has 2 heterocycles. The third kappa shape index (κ3) is 3.99. The van der Waals surface area contributed by atoms with E-state index in [2.05, 4.69) is 29.9 Å². The zero-order valence-electron chi connectivity index (χ0n) is 15.1. The SMILES string of the molecule is C[Si](C)(C)CCOCC1C(=O)Nc2cc(F)cc(F)c2-c2cccnc21. The number of benzene rings is 1. The largest absolute Gasteiger partial charge is 0.381 e. The maximum atomic E-state index is 14.4. The standard InChI is InChI=1S/C19H22F2N2O2Si/c1-26(2,3)8-7-25-11-14-18-13(5-4-6-22-18)17-15(21)9-12(20)10-16(17)23-19(14)24/h4-6,9-10,14H,7-8,11H2,1-3H3,(H,23,24). The van der Waals surface area contributed by atoms with Crippen LogP contribution < -0.4 is 5.32 Å². The molecule has 1 aliphatic rings. The van der Waals surface area contributed by atoms with Crippen LogP contribution >= 0.6 is 0 Å². The van der Waals surface area contributed by atoms with Crippen molar-refractivity contribution in [1.29, 1.82) is 0 Å². The molecular weight excluding hydrogens is 354 g/mol. The van der Waals surface area contributed by atoms with Crippen molar-refractivity contribution in [2.45, 2.75) is 31.6 Å². The van der Waals surface area contributed by atoms with Crippen molar-refractivity contribution >= 4 is 19.7 Å². The summed E-state index contributed by atoms with van der Waals surface area (Å²) in [6.45, 7) is 7.47. The molecule has 1 amide bonds. The summed E-state index contributed by atoms with van der Waals surface area (Å²) >= 11 is 0. The molecular formula is C19H22F2N2O2Si. The fraction of sp³-hybridized carbons (Fsp3) is 0.368. The number of pyridine rings is 1. The number of halogens is 2. The summed E-state index contributed by atoms with van der Waals surface area (Å²) in [6, 6.07) is 6.28. The molecule has 1 unspecified atom stereocenters. The molecule has 138 valence electrons. The summed E-state index contributed by atoms with van der Waals surface area (Å²) in [6.07, 6.45) is 1.56. The van der Waals surface area contributed by atoms with Crippen LogP contribution in [0.1, 0.15) is 11.6 Å². The topological polar surface area (TPSA) is 51.2 Å². The first-order chi connectivity index (χ1) is 12.3. The van der Waals surface area contributed by atoms with Crippen molar-refractivity contribution in [3.63, 3.8) is 0 Å². The number of carbonyl (C=O) groups excluding carboxylic acids is 1. The van der Waals surface area contributed by atoms with Crippen molar-refractivity contribution in [3.8, 4) is 11.1 Å². The predicted octanol–water partition coefficient (Wildman–Crippen LogP) is 4.42. The number of fused-ring (bicyclic) bond motifs is 3. The number of aromatic nitrogens is 1. The Morgan fingerprint density at radius 1 is 1.27 bits per heavy atom. The molecule has 1 atom stereocenters. The lowest BCUT2D eigenvalue weighted by atomic mass is 9.96. The number of carbonyl (C=O) groups is 1. The smallest absolute Gasteiger partial charge is 0.235 e. The first-order valence-electron chi connectivity index (χ1n) is 8.59. The molecule has 1 aliphatic heterocycles. The molecule has 1 N–H and O–H groups in total. The number of nitrogens with one attached hydrogen (secondary N) is 1. The summed E-state index contributed by atoms with van der Waals surface area (Å²) in [5.41, 5.74) is 1.21. The van der Waals surface area contributed by atoms with Crippen LogP contribution in [-0.4, -0.2) is 32.2 Å². The van der Waals surface area contributed by atoms with E-state index < -0.39 is 25.6 Å². The van der Waals surface area contributed by atoms with Gasteiger partial charge >= 0.3 is 0 Å². The van der Waals surface area contributed by atoms with E-state index in [9.17, 15) is 13.6 Å². The van der Waals surface area contributed by atoms with Crippen molar-refractivity contribution < 1.29 is 18.3 Å². The molecule has 1 aromatic carbocycles. The minimum Gasteiger partial charge on any atom is -0.381 e. The van der Waals surface area contributed by atoms with Gasteiger partial charge in [-0.25, -0.2) is 8.78 Å². The molecule has 1 aromatic heterocycles. The van der Waals surface area contributed by atoms with Gasteiger partial charge in [0.05, 0.1) is 18.0 Å². The molecule has 4 nitrogen and oxygen atoms in total. The number of anilines is 1. The monoisotopic (exact) mass is 376 g/mol. The zero-order chi connectivity index (χ0) is 18.9. The molecule has 0 aliphatic carbocycles. The number of rotatable bonds is 5. The second kappa shape index (κ2) is 7.24. The molecule has 0 saturated carbocycles. The Balaban J connectivity index is 1.93. The molecule has 0 saturated heterocycles. The summed E-state index contributed by atoms with van der Waals surface area (Å²) in [5.74, 6) is -2.52. The van der Waals surface area contributed by atoms with Crippen LogP contribution in [0.15, 0.2) is 30.5 Å². The quantitative estimate of drug-likeness (QED) is 0.621. The average Bonchev–Trinajstić information content (AvgIpc) is 2.64. The van der Waals surface area contributed by atoms with Crippen LogP contribution in [-0.2, 0) is 9.53 Å². The number of hydrogen-bond donors (Lipinski definition) is 1. The average molecular weight is 376 g/mol. The summed E-state index contributed by atoms with van der Waals surface area (Å²) in [4.78, 5) is 17.0. The highest BCUT2D eigenvalue weighted by atomic mass is 28.3. The van der Waals surface area contributed by atoms with E-state index in [-0.39, 0.29) is 23.8 Å². The molecule has 0 fully saturated rings. The molecule has 7 heteroatoms. The van der Waals surface area contributed by atoms with E-state index in [1.54, 1.807) is 18.3 Å². The molecule has 26 heavy (non-hydrogen) atoms. The van der Waals surface area contributed by atoms with Crippen molar-refractivity contribution in [2.24, 2.45) is 0 Å². The van der Waals surface area contributed by atoms with Crippen molar-refractivity contribution in [2.75, 3.05) is 18.5 Å². The Morgan fingerprint density at radius 3 is 2.77 bits per heavy atom. The molecule has 0 spiro atoms. The van der Waals surface area contributed by atoms with Gasteiger partial charge in [-0.3, -0.25) is 9.78 Å². The maximum Gasteiger partial charge on any atom is 0.235 e. The third-order valence-electron chi connectivity index (χ3n) is 4.35. The van der Waals surface area contributed by atoms with E-state index >= 15 is 0 Å². The summed E-state index contributed by atoms with van der Waals surface area (Å²) < 4.78 is 33.8. The number of ether oxygens (including phenoxy) is 1. The highest BCUT2D eigenvalue weighted by molar-refractivity contribution is 6.76. The van der Waals surface area contributed by atoms with Gasteiger partial charge in [-0.15, -0.1) is 0 Å². The van der Waals surface area contributed by atoms with Gasteiger partial charge in [0.2, 0.25) is 5.91 Å². The molecule has 3 rings (SSSR count). The normalized spacial score (nSPS) is 16.5. The Bertz CT molecular complexity index is 837. The van der Waals surface area contributed by atoms with Crippen molar-refractivity contribution in [3.05, 3.63) is 47.8 Å². The summed E-state index contributed by atoms with van der Waals surface area (Å²) in [5, 5.41) is 2.63. The number of hydrogen-bond acceptors (Lipinski definition) is 3. The Labute approximate surface area is 152 Å². The summed E-state index contributed by atoms with van der Waals surface area (Å²) in [7, 11) is -1.24. The molecule has 2 aromatic rings. The van der Waals surface area contributed by atoms with Gasteiger partial charge in [0.25, 0.3) is 0 Å². The van der Waals surface area contributed by atoms with E-state index in [0.29, 0.717) is 17.9 Å². The Hall–Kier alpha value is -2.12. The van der Waals surface area contributed by atoms with E-state index in [1.807, 2.05) is 0 Å². The van der Waals surface area contributed by atoms with Gasteiger partial charge in [-0.2, -0.15) is 0 Å². The number of nitrogens with zero attached hydrogens (tertiary/aromatic N) is 1. The third-order valence-corrected chi connectivity index (χ3v) is 6.05. The second-order valence-electron chi connectivity index (χ2n) is 7.67. The Kier molecular flexibility index (Phi) is 5.20. The van der Waals surface area contributed by atoms with Crippen LogP contribution in [0.25, 0.3) is 11.1 Å². The van der Waals surface area contributed by atoms with Gasteiger partial charge in [0.15, 0.2) is 0 Å². The Morgan fingerprint density at radius 2 is 2.04 bits per heavy atom. The van der Waals surface area contributed by atoms with Crippen LogP contribution in [0.2, 0.25) is 25.7 Å². The first kappa shape index (κ1) is 18.7. The molecule has 0 radical (unpaired) electrons. The van der Waals surface area contributed by atoms with E-state index in [4.69, 9.17) is 4.74 Å². The van der Waals surface area contributed by atoms with Crippen LogP contribution in [0.5, 0.6) is 0 Å². The van der Waals surface area contributed by atoms with Gasteiger partial charge in [-0.1, -0.05) is 25.7 Å². The van der Waals surface area contributed by atoms with E-state index in [1.165, 1.54) is 0 Å². The second-order valence-corrected chi connectivity index (χ2v) is 13.3. The van der Waals surface area contributed by atoms with Gasteiger partial charge < -0.3 is 10.1 Å². The van der Waals surface area contributed by atoms with Gasteiger partial charge in [0, 0.05) is 38.1 Å². The highest BCUT2D eigenvalue weighted by Gasteiger charge is 2.32. The zero-order valence-corrected chi connectivity index (χ0v) is 16.1. The number of amides is 1. The van der Waals surface area contributed by atoms with E-state index in [0.717, 1.165) is 18.2 Å². The highest BCUT2D eigenvalue weighted by Crippen LogP contribution is 2.39. The predicted molar refractivity (Wildman–Crippen MR) is 99.9 cm³/mol. The van der Waals surface area contributed by atoms with Crippen LogP contribution in [0.3, 0.4) is 0 Å². The first-order valence-corrected chi connectivity index (χ1v) is 12.3. The van der Waals surface area contributed by atoms with Crippen LogP contribution in [0, 0.1) is 11.6 Å². The van der Waals surface area contributed by atoms with Gasteiger partial charge in [-0.05, 0) is 18.2 Å². The minimum atomic E-state index is -1.24. The van der Waals surface area contributed by atoms with Crippen molar-refractivity contribution in [1.82, 2.24) is 4.98 Å².